The molecule has 1 aliphatic heterocycles. The van der Waals surface area contributed by atoms with E-state index in [0.717, 1.165) is 19.6 Å². The van der Waals surface area contributed by atoms with Gasteiger partial charge in [0.1, 0.15) is 0 Å². The Labute approximate surface area is 156 Å². The van der Waals surface area contributed by atoms with Crippen LogP contribution < -0.4 is 10.0 Å². The normalized spacial score (nSPS) is 16.8. The summed E-state index contributed by atoms with van der Waals surface area (Å²) in [6.07, 6.45) is 5.28. The Morgan fingerprint density at radius 1 is 1.31 bits per heavy atom. The van der Waals surface area contributed by atoms with Crippen LogP contribution in [0.15, 0.2) is 41.8 Å². The van der Waals surface area contributed by atoms with E-state index in [-0.39, 0.29) is 17.3 Å². The lowest BCUT2D eigenvalue weighted by molar-refractivity contribution is 0.0942. The van der Waals surface area contributed by atoms with Gasteiger partial charge in [0, 0.05) is 25.2 Å². The van der Waals surface area contributed by atoms with Crippen molar-refractivity contribution < 1.29 is 13.2 Å². The second-order valence-corrected chi connectivity index (χ2v) is 8.61. The van der Waals surface area contributed by atoms with Crippen molar-refractivity contribution in [1.29, 1.82) is 0 Å². The van der Waals surface area contributed by atoms with E-state index in [9.17, 15) is 13.2 Å². The minimum absolute atomic E-state index is 0.0772. The summed E-state index contributed by atoms with van der Waals surface area (Å²) < 4.78 is 26.7. The summed E-state index contributed by atoms with van der Waals surface area (Å²) in [5, 5.41) is 2.91. The molecule has 0 spiro atoms. The molecule has 2 N–H and O–H groups in total. The highest BCUT2D eigenvalue weighted by Gasteiger charge is 2.17. The van der Waals surface area contributed by atoms with Crippen LogP contribution in [-0.2, 0) is 10.0 Å². The molecule has 0 saturated carbocycles. The number of carbonyl (C=O) groups is 1. The molecule has 0 bridgehead atoms. The molecule has 26 heavy (non-hydrogen) atoms. The van der Waals surface area contributed by atoms with Crippen LogP contribution in [-0.4, -0.2) is 51.9 Å². The Kier molecular flexibility index (Phi) is 7.81. The smallest absolute Gasteiger partial charge is 0.251 e. The van der Waals surface area contributed by atoms with E-state index >= 15 is 0 Å². The highest BCUT2D eigenvalue weighted by atomic mass is 32.2. The topological polar surface area (TPSA) is 78.5 Å². The number of nitrogens with one attached hydrogen (secondary N) is 2. The van der Waals surface area contributed by atoms with Crippen molar-refractivity contribution >= 4 is 15.9 Å². The van der Waals surface area contributed by atoms with Gasteiger partial charge in [-0.25, -0.2) is 13.1 Å². The number of benzene rings is 1. The van der Waals surface area contributed by atoms with E-state index < -0.39 is 10.0 Å². The molecule has 1 unspecified atom stereocenters. The third-order valence-corrected chi connectivity index (χ3v) is 5.88. The third kappa shape index (κ3) is 6.23. The summed E-state index contributed by atoms with van der Waals surface area (Å²) in [7, 11) is -3.64. The first-order valence-corrected chi connectivity index (χ1v) is 10.6. The fourth-order valence-corrected chi connectivity index (χ4v) is 4.12. The number of hydrogen-bond donors (Lipinski definition) is 2. The number of amides is 1. The summed E-state index contributed by atoms with van der Waals surface area (Å²) >= 11 is 0. The molecule has 1 aromatic rings. The van der Waals surface area contributed by atoms with Gasteiger partial charge < -0.3 is 10.2 Å². The SMILES string of the molecule is C=CCNS(=O)(=O)c1cccc(C(=O)NCC(C)CN2CCCCC2)c1. The standard InChI is InChI=1S/C19H29N3O3S/c1-3-10-21-26(24,25)18-9-7-8-17(13-18)19(23)20-14-16(2)15-22-11-5-4-6-12-22/h3,7-9,13,16,21H,1,4-6,10-12,14-15H2,2H3,(H,20,23). The number of likely N-dealkylation sites (tertiary alicyclic amines) is 1. The van der Waals surface area contributed by atoms with E-state index in [2.05, 4.69) is 28.4 Å². The van der Waals surface area contributed by atoms with Crippen LogP contribution in [0.4, 0.5) is 0 Å². The fourth-order valence-electron chi connectivity index (χ4n) is 3.07. The molecule has 6 nitrogen and oxygen atoms in total. The maximum absolute atomic E-state index is 12.4. The molecule has 0 radical (unpaired) electrons. The van der Waals surface area contributed by atoms with Gasteiger partial charge in [0.25, 0.3) is 5.91 Å². The highest BCUT2D eigenvalue weighted by molar-refractivity contribution is 7.89. The average Bonchev–Trinajstić information content (AvgIpc) is 2.65. The van der Waals surface area contributed by atoms with Crippen LogP contribution in [0.25, 0.3) is 0 Å². The third-order valence-electron chi connectivity index (χ3n) is 4.45. The Hall–Kier alpha value is -1.70. The van der Waals surface area contributed by atoms with Gasteiger partial charge in [0.05, 0.1) is 4.90 Å². The summed E-state index contributed by atoms with van der Waals surface area (Å²) in [6.45, 7) is 9.57. The van der Waals surface area contributed by atoms with Crippen LogP contribution in [0, 0.1) is 5.92 Å². The van der Waals surface area contributed by atoms with E-state index in [1.165, 1.54) is 37.5 Å². The monoisotopic (exact) mass is 379 g/mol. The molecule has 1 fully saturated rings. The molecule has 7 heteroatoms. The van der Waals surface area contributed by atoms with Gasteiger partial charge in [0.15, 0.2) is 0 Å². The van der Waals surface area contributed by atoms with Crippen LogP contribution in [0.3, 0.4) is 0 Å². The highest BCUT2D eigenvalue weighted by Crippen LogP contribution is 2.13. The molecular weight excluding hydrogens is 350 g/mol. The van der Waals surface area contributed by atoms with Crippen molar-refractivity contribution in [3.63, 3.8) is 0 Å². The zero-order valence-corrected chi connectivity index (χ0v) is 16.2. The first-order valence-electron chi connectivity index (χ1n) is 9.13. The summed E-state index contributed by atoms with van der Waals surface area (Å²) in [6, 6.07) is 6.07. The maximum atomic E-state index is 12.4. The number of carbonyl (C=O) groups excluding carboxylic acids is 1. The molecule has 1 aromatic carbocycles. The molecule has 0 aromatic heterocycles. The fraction of sp³-hybridized carbons (Fsp3) is 0.526. The first-order chi connectivity index (χ1) is 12.4. The Bertz CT molecular complexity index is 712. The lowest BCUT2D eigenvalue weighted by atomic mass is 10.1. The summed E-state index contributed by atoms with van der Waals surface area (Å²) in [4.78, 5) is 14.9. The van der Waals surface area contributed by atoms with Crippen molar-refractivity contribution in [3.05, 3.63) is 42.5 Å². The van der Waals surface area contributed by atoms with Gasteiger partial charge in [0.2, 0.25) is 10.0 Å². The predicted octanol–water partition coefficient (Wildman–Crippen LogP) is 2.00. The van der Waals surface area contributed by atoms with Crippen LogP contribution in [0.1, 0.15) is 36.5 Å². The van der Waals surface area contributed by atoms with Gasteiger partial charge >= 0.3 is 0 Å². The number of piperidine rings is 1. The van der Waals surface area contributed by atoms with Crippen molar-refractivity contribution in [2.75, 3.05) is 32.7 Å². The average molecular weight is 380 g/mol. The molecular formula is C19H29N3O3S. The van der Waals surface area contributed by atoms with Crippen molar-refractivity contribution in [3.8, 4) is 0 Å². The molecule has 2 rings (SSSR count). The predicted molar refractivity (Wildman–Crippen MR) is 104 cm³/mol. The Balaban J connectivity index is 1.90. The quantitative estimate of drug-likeness (QED) is 0.643. The zero-order chi connectivity index (χ0) is 19.0. The van der Waals surface area contributed by atoms with Gasteiger partial charge in [-0.2, -0.15) is 0 Å². The Morgan fingerprint density at radius 3 is 2.73 bits per heavy atom. The first kappa shape index (κ1) is 20.6. The van der Waals surface area contributed by atoms with E-state index in [1.807, 2.05) is 0 Å². The van der Waals surface area contributed by atoms with Gasteiger partial charge in [-0.05, 0) is 50.0 Å². The maximum Gasteiger partial charge on any atom is 0.251 e. The minimum atomic E-state index is -3.64. The van der Waals surface area contributed by atoms with Crippen LogP contribution >= 0.6 is 0 Å². The molecule has 0 aliphatic carbocycles. The Morgan fingerprint density at radius 2 is 2.04 bits per heavy atom. The van der Waals surface area contributed by atoms with Crippen molar-refractivity contribution in [1.82, 2.24) is 14.9 Å². The second kappa shape index (κ2) is 9.85. The minimum Gasteiger partial charge on any atom is -0.352 e. The zero-order valence-electron chi connectivity index (χ0n) is 15.4. The van der Waals surface area contributed by atoms with Crippen LogP contribution in [0.5, 0.6) is 0 Å². The number of hydrogen-bond acceptors (Lipinski definition) is 4. The molecule has 1 atom stereocenters. The number of rotatable bonds is 9. The van der Waals surface area contributed by atoms with Crippen molar-refractivity contribution in [2.45, 2.75) is 31.1 Å². The van der Waals surface area contributed by atoms with Gasteiger partial charge in [-0.1, -0.05) is 25.5 Å². The summed E-state index contributed by atoms with van der Waals surface area (Å²) in [5.74, 6) is 0.0921. The second-order valence-electron chi connectivity index (χ2n) is 6.84. The molecule has 1 heterocycles. The number of sulfonamides is 1. The van der Waals surface area contributed by atoms with E-state index in [1.54, 1.807) is 12.1 Å². The van der Waals surface area contributed by atoms with Crippen molar-refractivity contribution in [2.24, 2.45) is 5.92 Å². The van der Waals surface area contributed by atoms with E-state index in [4.69, 9.17) is 0 Å². The largest absolute Gasteiger partial charge is 0.352 e. The summed E-state index contributed by atoms with van der Waals surface area (Å²) in [5.41, 5.74) is 0.344. The molecule has 1 aliphatic rings. The van der Waals surface area contributed by atoms with E-state index in [0.29, 0.717) is 18.0 Å². The van der Waals surface area contributed by atoms with Crippen LogP contribution in [0.2, 0.25) is 0 Å². The van der Waals surface area contributed by atoms with Gasteiger partial charge in [-0.15, -0.1) is 6.58 Å². The molecule has 1 amide bonds. The lowest BCUT2D eigenvalue weighted by Gasteiger charge is -2.29. The number of nitrogens with zero attached hydrogens (tertiary/aromatic N) is 1. The van der Waals surface area contributed by atoms with Gasteiger partial charge in [-0.3, -0.25) is 4.79 Å². The molecule has 144 valence electrons. The lowest BCUT2D eigenvalue weighted by Crippen LogP contribution is -2.38. The molecule has 1 saturated heterocycles.